The van der Waals surface area contributed by atoms with Gasteiger partial charge in [-0.15, -0.1) is 0 Å². The Morgan fingerprint density at radius 3 is 1.84 bits per heavy atom. The van der Waals surface area contributed by atoms with Crippen LogP contribution in [0.3, 0.4) is 0 Å². The lowest BCUT2D eigenvalue weighted by Crippen LogP contribution is -2.30. The first-order valence-corrected chi connectivity index (χ1v) is 12.5. The minimum atomic E-state index is -3.09. The number of benzene rings is 3. The van der Waals surface area contributed by atoms with Crippen LogP contribution in [0, 0.1) is 6.92 Å². The summed E-state index contributed by atoms with van der Waals surface area (Å²) >= 11 is 0. The van der Waals surface area contributed by atoms with Crippen LogP contribution in [-0.4, -0.2) is 13.1 Å². The molecule has 0 amide bonds. The number of rotatable bonds is 6. The Labute approximate surface area is 184 Å². The summed E-state index contributed by atoms with van der Waals surface area (Å²) in [6.07, 6.45) is 1.60. The Morgan fingerprint density at radius 2 is 1.35 bits per heavy atom. The molecule has 1 saturated heterocycles. The number of hydrogen-bond donors (Lipinski definition) is 1. The van der Waals surface area contributed by atoms with Crippen molar-refractivity contribution in [3.63, 3.8) is 0 Å². The van der Waals surface area contributed by atoms with Crippen molar-refractivity contribution in [3.8, 4) is 0 Å². The first-order chi connectivity index (χ1) is 15.0. The molecular formula is C26H28NO3P. The zero-order valence-electron chi connectivity index (χ0n) is 17.9. The zero-order chi connectivity index (χ0) is 21.8. The fourth-order valence-corrected chi connectivity index (χ4v) is 8.44. The summed E-state index contributed by atoms with van der Waals surface area (Å²) in [6.45, 7) is 1.96. The van der Waals surface area contributed by atoms with Gasteiger partial charge in [-0.3, -0.25) is 0 Å². The van der Waals surface area contributed by atoms with E-state index in [1.807, 2.05) is 91.9 Å². The molecule has 0 aliphatic carbocycles. The summed E-state index contributed by atoms with van der Waals surface area (Å²) in [4.78, 5) is 12.9. The summed E-state index contributed by atoms with van der Waals surface area (Å²) in [5.74, 6) is -0.421. The van der Waals surface area contributed by atoms with Crippen molar-refractivity contribution in [2.45, 2.75) is 37.1 Å². The lowest BCUT2D eigenvalue weighted by molar-refractivity contribution is -0.142. The van der Waals surface area contributed by atoms with Crippen molar-refractivity contribution in [2.75, 3.05) is 7.11 Å². The van der Waals surface area contributed by atoms with Crippen LogP contribution in [-0.2, 0) is 14.1 Å². The van der Waals surface area contributed by atoms with Gasteiger partial charge in [-0.05, 0) is 42.0 Å². The molecule has 0 saturated carbocycles. The van der Waals surface area contributed by atoms with E-state index < -0.39 is 19.3 Å². The minimum Gasteiger partial charge on any atom is -0.468 e. The number of nitrogens with one attached hydrogen (secondary N) is 1. The van der Waals surface area contributed by atoms with E-state index in [0.717, 1.165) is 35.1 Å². The molecule has 0 bridgehead atoms. The zero-order valence-corrected chi connectivity index (χ0v) is 18.8. The van der Waals surface area contributed by atoms with Gasteiger partial charge in [0.15, 0.2) is 7.29 Å². The molecule has 160 valence electrons. The third-order valence-corrected chi connectivity index (χ3v) is 9.90. The average Bonchev–Trinajstić information content (AvgIpc) is 3.15. The second-order valence-electron chi connectivity index (χ2n) is 8.08. The summed E-state index contributed by atoms with van der Waals surface area (Å²) < 4.78 is 20.0. The predicted molar refractivity (Wildman–Crippen MR) is 124 cm³/mol. The van der Waals surface area contributed by atoms with Crippen molar-refractivity contribution >= 4 is 13.3 Å². The van der Waals surface area contributed by atoms with Crippen LogP contribution in [0.2, 0.25) is 0 Å². The van der Waals surface area contributed by atoms with Crippen molar-refractivity contribution < 1.29 is 14.1 Å². The lowest BCUT2D eigenvalue weighted by Gasteiger charge is -2.31. The van der Waals surface area contributed by atoms with E-state index in [0.29, 0.717) is 0 Å². The molecular weight excluding hydrogens is 405 g/mol. The van der Waals surface area contributed by atoms with E-state index in [2.05, 4.69) is 5.09 Å². The van der Waals surface area contributed by atoms with E-state index in [1.54, 1.807) is 0 Å². The molecule has 1 aliphatic heterocycles. The smallest absolute Gasteiger partial charge is 0.327 e. The maximum Gasteiger partial charge on any atom is 0.327 e. The van der Waals surface area contributed by atoms with E-state index in [1.165, 1.54) is 7.11 Å². The van der Waals surface area contributed by atoms with Crippen molar-refractivity contribution in [3.05, 3.63) is 107 Å². The van der Waals surface area contributed by atoms with Gasteiger partial charge >= 0.3 is 5.97 Å². The quantitative estimate of drug-likeness (QED) is 0.363. The van der Waals surface area contributed by atoms with Crippen LogP contribution in [0.25, 0.3) is 0 Å². The molecule has 3 aromatic carbocycles. The Hall–Kier alpha value is -2.68. The Bertz CT molecular complexity index is 1030. The fraction of sp³-hybridized carbons (Fsp3) is 0.269. The van der Waals surface area contributed by atoms with Gasteiger partial charge in [0.2, 0.25) is 0 Å². The van der Waals surface area contributed by atoms with Gasteiger partial charge in [-0.2, -0.15) is 0 Å². The molecule has 5 heteroatoms. The number of carbonyl (C=O) groups is 1. The van der Waals surface area contributed by atoms with Crippen LogP contribution in [0.15, 0.2) is 84.9 Å². The number of hydrogen-bond acceptors (Lipinski definition) is 3. The highest BCUT2D eigenvalue weighted by Crippen LogP contribution is 2.74. The minimum absolute atomic E-state index is 0.157. The molecule has 4 rings (SSSR count). The van der Waals surface area contributed by atoms with Crippen LogP contribution in [0.1, 0.15) is 52.5 Å². The van der Waals surface area contributed by atoms with Crippen LogP contribution >= 0.6 is 7.29 Å². The largest absolute Gasteiger partial charge is 0.468 e. The summed E-state index contributed by atoms with van der Waals surface area (Å²) in [7, 11) is -1.72. The predicted octanol–water partition coefficient (Wildman–Crippen LogP) is 6.35. The number of carbonyl (C=O) groups excluding carboxylic acids is 1. The van der Waals surface area contributed by atoms with Gasteiger partial charge in [0.25, 0.3) is 0 Å². The van der Waals surface area contributed by atoms with Crippen molar-refractivity contribution in [1.29, 1.82) is 0 Å². The molecule has 31 heavy (non-hydrogen) atoms. The van der Waals surface area contributed by atoms with Crippen molar-refractivity contribution in [2.24, 2.45) is 0 Å². The maximum atomic E-state index is 14.9. The third kappa shape index (κ3) is 4.23. The van der Waals surface area contributed by atoms with Crippen LogP contribution in [0.5, 0.6) is 0 Å². The molecule has 0 aromatic heterocycles. The molecule has 3 aromatic rings. The molecule has 1 N–H and O–H groups in total. The van der Waals surface area contributed by atoms with Gasteiger partial charge in [0, 0.05) is 0 Å². The summed E-state index contributed by atoms with van der Waals surface area (Å²) in [5, 5.41) is 3.38. The summed E-state index contributed by atoms with van der Waals surface area (Å²) in [6, 6.07) is 26.9. The van der Waals surface area contributed by atoms with Gasteiger partial charge in [-0.1, -0.05) is 84.9 Å². The van der Waals surface area contributed by atoms with Crippen LogP contribution in [0.4, 0.5) is 0 Å². The summed E-state index contributed by atoms with van der Waals surface area (Å²) in [5.41, 5.74) is 3.54. The second-order valence-corrected chi connectivity index (χ2v) is 11.0. The monoisotopic (exact) mass is 433 g/mol. The Kier molecular flexibility index (Phi) is 6.41. The van der Waals surface area contributed by atoms with Gasteiger partial charge in [-0.25, -0.2) is 9.88 Å². The van der Waals surface area contributed by atoms with E-state index >= 15 is 0 Å². The second kappa shape index (κ2) is 9.21. The van der Waals surface area contributed by atoms with E-state index in [-0.39, 0.29) is 11.3 Å². The normalized spacial score (nSPS) is 20.8. The standard InChI is InChI=1S/C26H28NO3P/c1-19-11-9-10-16-22(19)25(26(28)30-2)27-31(29)23(20-12-5-3-6-13-20)17-18-24(31)21-14-7-4-8-15-21/h3-16,23-25H,17-18H2,1-2H3,(H,27,29)/t23-,24-,25-/m0/s1. The Morgan fingerprint density at radius 1 is 0.871 bits per heavy atom. The lowest BCUT2D eigenvalue weighted by atomic mass is 10.0. The van der Waals surface area contributed by atoms with Crippen molar-refractivity contribution in [1.82, 2.24) is 5.09 Å². The Balaban J connectivity index is 1.81. The molecule has 4 nitrogen and oxygen atoms in total. The molecule has 1 fully saturated rings. The van der Waals surface area contributed by atoms with Gasteiger partial charge in [0.05, 0.1) is 18.4 Å². The molecule has 0 radical (unpaired) electrons. The van der Waals surface area contributed by atoms with E-state index in [9.17, 15) is 9.36 Å². The van der Waals surface area contributed by atoms with Gasteiger partial charge < -0.3 is 9.30 Å². The number of ether oxygens (including phenoxy) is 1. The maximum absolute atomic E-state index is 14.9. The topological polar surface area (TPSA) is 55.4 Å². The highest BCUT2D eigenvalue weighted by Gasteiger charge is 2.49. The number of esters is 1. The third-order valence-electron chi connectivity index (χ3n) is 6.28. The molecule has 0 spiro atoms. The number of aryl methyl sites for hydroxylation is 1. The highest BCUT2D eigenvalue weighted by molar-refractivity contribution is 7.63. The molecule has 3 atom stereocenters. The van der Waals surface area contributed by atoms with Gasteiger partial charge in [0.1, 0.15) is 6.04 Å². The highest BCUT2D eigenvalue weighted by atomic mass is 31.2. The fourth-order valence-electron chi connectivity index (χ4n) is 4.70. The van der Waals surface area contributed by atoms with Crippen LogP contribution < -0.4 is 5.09 Å². The number of methoxy groups -OCH3 is 1. The first-order valence-electron chi connectivity index (χ1n) is 10.6. The molecule has 1 aliphatic rings. The first kappa shape index (κ1) is 21.5. The van der Waals surface area contributed by atoms with E-state index in [4.69, 9.17) is 4.74 Å². The average molecular weight is 433 g/mol. The SMILES string of the molecule is COC(=O)[C@@H](NP1(=O)[C@H](c2ccccc2)CC[C@H]1c1ccccc1)c1ccccc1C. The molecule has 1 heterocycles. The molecule has 0 unspecified atom stereocenters.